The van der Waals surface area contributed by atoms with Gasteiger partial charge in [-0.2, -0.15) is 0 Å². The van der Waals surface area contributed by atoms with Crippen LogP contribution in [0.5, 0.6) is 5.75 Å². The van der Waals surface area contributed by atoms with Crippen molar-refractivity contribution in [3.8, 4) is 5.75 Å². The third-order valence-electron chi connectivity index (χ3n) is 5.93. The Morgan fingerprint density at radius 2 is 1.67 bits per heavy atom. The Morgan fingerprint density at radius 3 is 2.33 bits per heavy atom. The molecule has 0 spiro atoms. The molecule has 0 N–H and O–H groups in total. The van der Waals surface area contributed by atoms with E-state index in [4.69, 9.17) is 4.74 Å². The molecule has 3 aliphatic carbocycles. The molecule has 112 valence electrons. The van der Waals surface area contributed by atoms with Crippen LogP contribution in [0.3, 0.4) is 0 Å². The highest BCUT2D eigenvalue weighted by molar-refractivity contribution is 5.40. The van der Waals surface area contributed by atoms with Crippen molar-refractivity contribution < 1.29 is 4.74 Å². The maximum absolute atomic E-state index is 5.31. The quantitative estimate of drug-likeness (QED) is 0.755. The smallest absolute Gasteiger partial charge is 0.118 e. The van der Waals surface area contributed by atoms with E-state index in [1.165, 1.54) is 44.2 Å². The third kappa shape index (κ3) is 2.12. The fraction of sp³-hybridized carbons (Fsp3) is 0.579. The van der Waals surface area contributed by atoms with Crippen LogP contribution in [-0.2, 0) is 0 Å². The molecule has 4 aliphatic rings. The molecule has 1 heterocycles. The minimum Gasteiger partial charge on any atom is -0.497 e. The van der Waals surface area contributed by atoms with Crippen LogP contribution in [0.4, 0.5) is 0 Å². The first-order chi connectivity index (χ1) is 10.3. The number of fused-ring (bicyclic) bond motifs is 2. The van der Waals surface area contributed by atoms with E-state index < -0.39 is 0 Å². The summed E-state index contributed by atoms with van der Waals surface area (Å²) in [6.45, 7) is 1.21. The summed E-state index contributed by atoms with van der Waals surface area (Å²) in [6, 6.07) is 9.25. The third-order valence-corrected chi connectivity index (χ3v) is 5.93. The summed E-state index contributed by atoms with van der Waals surface area (Å²) in [6.07, 6.45) is 7.04. The van der Waals surface area contributed by atoms with E-state index in [2.05, 4.69) is 36.2 Å². The fourth-order valence-electron chi connectivity index (χ4n) is 4.88. The van der Waals surface area contributed by atoms with Gasteiger partial charge in [0.05, 0.1) is 13.2 Å². The van der Waals surface area contributed by atoms with Gasteiger partial charge in [-0.25, -0.2) is 0 Å². The molecule has 1 aromatic rings. The Balaban J connectivity index is 1.76. The van der Waals surface area contributed by atoms with Crippen molar-refractivity contribution in [1.29, 1.82) is 0 Å². The second-order valence-corrected chi connectivity index (χ2v) is 6.94. The predicted molar refractivity (Wildman–Crippen MR) is 85.5 cm³/mol. The summed E-state index contributed by atoms with van der Waals surface area (Å²) in [5.74, 6) is 2.70. The number of ether oxygens (including phenoxy) is 1. The number of benzene rings is 1. The summed E-state index contributed by atoms with van der Waals surface area (Å²) in [5, 5.41) is 0. The number of likely N-dealkylation sites (N-methyl/N-ethyl adjacent to an activating group) is 1. The van der Waals surface area contributed by atoms with Crippen molar-refractivity contribution >= 4 is 0 Å². The largest absolute Gasteiger partial charge is 0.497 e. The number of hydrogen-bond acceptors (Lipinski definition) is 2. The molecule has 2 nitrogen and oxygen atoms in total. The molecule has 0 saturated heterocycles. The lowest BCUT2D eigenvalue weighted by atomic mass is 9.62. The van der Waals surface area contributed by atoms with Crippen LogP contribution in [0.25, 0.3) is 0 Å². The topological polar surface area (TPSA) is 12.5 Å². The van der Waals surface area contributed by atoms with E-state index in [0.29, 0.717) is 6.04 Å². The maximum atomic E-state index is 5.31. The van der Waals surface area contributed by atoms with Crippen LogP contribution >= 0.6 is 0 Å². The minimum atomic E-state index is 0.507. The van der Waals surface area contributed by atoms with E-state index >= 15 is 0 Å². The van der Waals surface area contributed by atoms with Crippen molar-refractivity contribution in [3.05, 3.63) is 41.0 Å². The molecule has 1 aliphatic heterocycles. The predicted octanol–water partition coefficient (Wildman–Crippen LogP) is 4.19. The molecule has 2 bridgehead atoms. The Bertz CT molecular complexity index is 551. The average molecular weight is 283 g/mol. The second-order valence-electron chi connectivity index (χ2n) is 6.94. The van der Waals surface area contributed by atoms with E-state index in [1.54, 1.807) is 12.7 Å². The SMILES string of the molecule is COc1ccc(C2C3=C(CCN2C)C2CCC3CC2)cc1. The molecule has 1 aromatic carbocycles. The van der Waals surface area contributed by atoms with Crippen molar-refractivity contribution in [2.45, 2.75) is 38.1 Å². The van der Waals surface area contributed by atoms with Gasteiger partial charge in [-0.3, -0.25) is 4.90 Å². The molecule has 1 fully saturated rings. The lowest BCUT2D eigenvalue weighted by Crippen LogP contribution is -2.40. The maximum Gasteiger partial charge on any atom is 0.118 e. The van der Waals surface area contributed by atoms with E-state index in [-0.39, 0.29) is 0 Å². The molecule has 1 saturated carbocycles. The molecule has 0 aromatic heterocycles. The molecule has 5 rings (SSSR count). The van der Waals surface area contributed by atoms with Gasteiger partial charge in [-0.1, -0.05) is 17.7 Å². The van der Waals surface area contributed by atoms with Gasteiger partial charge in [0.15, 0.2) is 0 Å². The minimum absolute atomic E-state index is 0.507. The van der Waals surface area contributed by atoms with Crippen LogP contribution in [0.15, 0.2) is 35.4 Å². The van der Waals surface area contributed by atoms with Gasteiger partial charge in [0.1, 0.15) is 5.75 Å². The van der Waals surface area contributed by atoms with Gasteiger partial charge < -0.3 is 4.74 Å². The highest BCUT2D eigenvalue weighted by Gasteiger charge is 2.41. The van der Waals surface area contributed by atoms with E-state index in [0.717, 1.165) is 17.6 Å². The summed E-state index contributed by atoms with van der Waals surface area (Å²) in [7, 11) is 4.03. The van der Waals surface area contributed by atoms with Gasteiger partial charge in [-0.15, -0.1) is 0 Å². The molecule has 21 heavy (non-hydrogen) atoms. The first-order valence-corrected chi connectivity index (χ1v) is 8.35. The highest BCUT2D eigenvalue weighted by atomic mass is 16.5. The average Bonchev–Trinajstić information content (AvgIpc) is 2.56. The molecule has 2 heteroatoms. The van der Waals surface area contributed by atoms with Gasteiger partial charge in [-0.05, 0) is 74.3 Å². The zero-order chi connectivity index (χ0) is 14.4. The van der Waals surface area contributed by atoms with Crippen LogP contribution in [-0.4, -0.2) is 25.6 Å². The van der Waals surface area contributed by atoms with E-state index in [9.17, 15) is 0 Å². The monoisotopic (exact) mass is 283 g/mol. The summed E-state index contributed by atoms with van der Waals surface area (Å²) in [4.78, 5) is 2.56. The number of nitrogens with zero attached hydrogens (tertiary/aromatic N) is 1. The molecular weight excluding hydrogens is 258 g/mol. The standard InChI is InChI=1S/C19H25NO/c1-20-12-11-17-13-3-5-14(6-4-13)18(17)19(20)15-7-9-16(21-2)10-8-15/h7-10,13-14,19H,3-6,11-12H2,1-2H3. The molecule has 0 radical (unpaired) electrons. The van der Waals surface area contributed by atoms with Gasteiger partial charge in [0, 0.05) is 6.54 Å². The number of methoxy groups -OCH3 is 1. The van der Waals surface area contributed by atoms with E-state index in [1.807, 2.05) is 5.57 Å². The molecule has 0 amide bonds. The lowest BCUT2D eigenvalue weighted by molar-refractivity contribution is 0.181. The Labute approximate surface area is 127 Å². The van der Waals surface area contributed by atoms with Crippen molar-refractivity contribution in [1.82, 2.24) is 4.90 Å². The van der Waals surface area contributed by atoms with Gasteiger partial charge in [0.25, 0.3) is 0 Å². The highest BCUT2D eigenvalue weighted by Crippen LogP contribution is 2.53. The Morgan fingerprint density at radius 1 is 1.00 bits per heavy atom. The van der Waals surface area contributed by atoms with Crippen LogP contribution in [0.2, 0.25) is 0 Å². The fourth-order valence-corrected chi connectivity index (χ4v) is 4.88. The lowest BCUT2D eigenvalue weighted by Gasteiger charge is -2.49. The zero-order valence-electron chi connectivity index (χ0n) is 13.1. The molecule has 1 atom stereocenters. The van der Waals surface area contributed by atoms with Crippen LogP contribution in [0, 0.1) is 11.8 Å². The molecule has 1 unspecified atom stereocenters. The summed E-state index contributed by atoms with van der Waals surface area (Å²) >= 11 is 0. The summed E-state index contributed by atoms with van der Waals surface area (Å²) in [5.41, 5.74) is 5.06. The first-order valence-electron chi connectivity index (χ1n) is 8.35. The van der Waals surface area contributed by atoms with Crippen LogP contribution in [0.1, 0.15) is 43.7 Å². The first kappa shape index (κ1) is 13.4. The second kappa shape index (κ2) is 5.17. The van der Waals surface area contributed by atoms with Crippen LogP contribution < -0.4 is 4.74 Å². The summed E-state index contributed by atoms with van der Waals surface area (Å²) < 4.78 is 5.31. The Hall–Kier alpha value is -1.28. The normalized spacial score (nSPS) is 32.2. The van der Waals surface area contributed by atoms with Gasteiger partial charge in [0.2, 0.25) is 0 Å². The Kier molecular flexibility index (Phi) is 3.30. The number of hydrogen-bond donors (Lipinski definition) is 0. The van der Waals surface area contributed by atoms with Crippen molar-refractivity contribution in [3.63, 3.8) is 0 Å². The molecular formula is C19H25NO. The van der Waals surface area contributed by atoms with Crippen molar-refractivity contribution in [2.24, 2.45) is 11.8 Å². The van der Waals surface area contributed by atoms with Gasteiger partial charge >= 0.3 is 0 Å². The zero-order valence-corrected chi connectivity index (χ0v) is 13.1. The van der Waals surface area contributed by atoms with Crippen molar-refractivity contribution in [2.75, 3.05) is 20.7 Å². The number of rotatable bonds is 2.